The van der Waals surface area contributed by atoms with Crippen molar-refractivity contribution in [3.05, 3.63) is 58.6 Å². The van der Waals surface area contributed by atoms with E-state index < -0.39 is 5.76 Å². The molecule has 116 valence electrons. The number of benzene rings is 2. The summed E-state index contributed by atoms with van der Waals surface area (Å²) in [4.78, 5) is 37.2. The normalized spacial score (nSPS) is 10.5. The first kappa shape index (κ1) is 14.6. The van der Waals surface area contributed by atoms with Crippen LogP contribution in [0.3, 0.4) is 0 Å². The molecule has 0 aliphatic heterocycles. The quantitative estimate of drug-likeness (QED) is 0.690. The van der Waals surface area contributed by atoms with Gasteiger partial charge in [0.1, 0.15) is 5.52 Å². The van der Waals surface area contributed by atoms with Gasteiger partial charge in [-0.25, -0.2) is 4.79 Å². The molecule has 0 unspecified atom stereocenters. The minimum Gasteiger partial charge on any atom is -0.408 e. The zero-order valence-corrected chi connectivity index (χ0v) is 12.2. The first-order chi connectivity index (χ1) is 11.0. The molecule has 1 aromatic heterocycles. The summed E-state index contributed by atoms with van der Waals surface area (Å²) in [5.41, 5.74) is 2.12. The number of carbonyl (C=O) groups is 2. The molecule has 23 heavy (non-hydrogen) atoms. The fraction of sp³-hybridized carbons (Fsp3) is 0.0625. The summed E-state index contributed by atoms with van der Waals surface area (Å²) in [6, 6.07) is 11.5. The highest BCUT2D eigenvalue weighted by molar-refractivity contribution is 6.08. The number of fused-ring (bicyclic) bond motifs is 1. The van der Waals surface area contributed by atoms with Crippen molar-refractivity contribution in [3.8, 4) is 0 Å². The summed E-state index contributed by atoms with van der Waals surface area (Å²) in [6.07, 6.45) is 0. The van der Waals surface area contributed by atoms with Gasteiger partial charge in [0.25, 0.3) is 5.91 Å². The second kappa shape index (κ2) is 5.80. The van der Waals surface area contributed by atoms with Gasteiger partial charge in [0.2, 0.25) is 5.91 Å². The Morgan fingerprint density at radius 2 is 1.87 bits per heavy atom. The van der Waals surface area contributed by atoms with E-state index in [1.54, 1.807) is 42.5 Å². The fourth-order valence-electron chi connectivity index (χ4n) is 2.21. The largest absolute Gasteiger partial charge is 0.417 e. The van der Waals surface area contributed by atoms with Crippen LogP contribution in [0.1, 0.15) is 17.3 Å². The van der Waals surface area contributed by atoms with Crippen molar-refractivity contribution < 1.29 is 14.0 Å². The van der Waals surface area contributed by atoms with Gasteiger partial charge in [0.15, 0.2) is 5.58 Å². The van der Waals surface area contributed by atoms with Crippen molar-refractivity contribution in [2.24, 2.45) is 0 Å². The van der Waals surface area contributed by atoms with Crippen LogP contribution >= 0.6 is 0 Å². The maximum Gasteiger partial charge on any atom is 0.417 e. The molecule has 0 radical (unpaired) electrons. The number of aromatic amines is 1. The van der Waals surface area contributed by atoms with E-state index in [9.17, 15) is 14.4 Å². The van der Waals surface area contributed by atoms with E-state index in [0.29, 0.717) is 28.0 Å². The van der Waals surface area contributed by atoms with E-state index in [1.807, 2.05) is 0 Å². The predicted octanol–water partition coefficient (Wildman–Crippen LogP) is 2.33. The Morgan fingerprint density at radius 3 is 2.65 bits per heavy atom. The molecule has 2 aromatic carbocycles. The van der Waals surface area contributed by atoms with Crippen LogP contribution < -0.4 is 16.4 Å². The Balaban J connectivity index is 1.89. The standard InChI is InChI=1S/C16H13N3O4/c1-9(20)17-11-5-2-4-10(8-11)15(21)18-12-6-3-7-13-14(12)19-16(22)23-13/h2-8H,1H3,(H,17,20)(H,18,21)(H,19,22). The first-order valence-corrected chi connectivity index (χ1v) is 6.84. The summed E-state index contributed by atoms with van der Waals surface area (Å²) < 4.78 is 4.95. The smallest absolute Gasteiger partial charge is 0.408 e. The molecule has 2 amide bonds. The monoisotopic (exact) mass is 311 g/mol. The third-order valence-corrected chi connectivity index (χ3v) is 3.15. The fourth-order valence-corrected chi connectivity index (χ4v) is 2.21. The average Bonchev–Trinajstić information content (AvgIpc) is 2.88. The summed E-state index contributed by atoms with van der Waals surface area (Å²) >= 11 is 0. The second-order valence-electron chi connectivity index (χ2n) is 4.91. The number of H-pyrrole nitrogens is 1. The summed E-state index contributed by atoms with van der Waals surface area (Å²) in [7, 11) is 0. The molecule has 7 nitrogen and oxygen atoms in total. The van der Waals surface area contributed by atoms with Crippen molar-refractivity contribution in [1.29, 1.82) is 0 Å². The SMILES string of the molecule is CC(=O)Nc1cccc(C(=O)Nc2cccc3oc(=O)[nH]c23)c1. The van der Waals surface area contributed by atoms with Gasteiger partial charge < -0.3 is 15.1 Å². The summed E-state index contributed by atoms with van der Waals surface area (Å²) in [5, 5.41) is 5.33. The zero-order chi connectivity index (χ0) is 16.4. The van der Waals surface area contributed by atoms with Gasteiger partial charge in [-0.2, -0.15) is 0 Å². The van der Waals surface area contributed by atoms with Crippen molar-refractivity contribution >= 4 is 34.3 Å². The van der Waals surface area contributed by atoms with Gasteiger partial charge in [-0.3, -0.25) is 14.6 Å². The van der Waals surface area contributed by atoms with Crippen LogP contribution in [0.15, 0.2) is 51.7 Å². The third kappa shape index (κ3) is 3.13. The van der Waals surface area contributed by atoms with Crippen LogP contribution in [-0.4, -0.2) is 16.8 Å². The summed E-state index contributed by atoms with van der Waals surface area (Å²) in [6.45, 7) is 1.39. The second-order valence-corrected chi connectivity index (χ2v) is 4.91. The maximum atomic E-state index is 12.4. The molecular formula is C16H13N3O4. The Kier molecular flexibility index (Phi) is 3.68. The van der Waals surface area contributed by atoms with Gasteiger partial charge in [0.05, 0.1) is 5.69 Å². The van der Waals surface area contributed by atoms with Crippen LogP contribution in [0.5, 0.6) is 0 Å². The number of anilines is 2. The van der Waals surface area contributed by atoms with Gasteiger partial charge >= 0.3 is 5.76 Å². The number of oxazole rings is 1. The van der Waals surface area contributed by atoms with Crippen molar-refractivity contribution in [3.63, 3.8) is 0 Å². The third-order valence-electron chi connectivity index (χ3n) is 3.15. The molecule has 3 rings (SSSR count). The number of para-hydroxylation sites is 1. The highest BCUT2D eigenvalue weighted by atomic mass is 16.4. The molecule has 3 N–H and O–H groups in total. The Labute approximate surface area is 130 Å². The van der Waals surface area contributed by atoms with E-state index in [4.69, 9.17) is 4.42 Å². The van der Waals surface area contributed by atoms with Crippen LogP contribution in [-0.2, 0) is 4.79 Å². The lowest BCUT2D eigenvalue weighted by atomic mass is 10.1. The summed E-state index contributed by atoms with van der Waals surface area (Å²) in [5.74, 6) is -1.18. The molecule has 0 spiro atoms. The number of nitrogens with one attached hydrogen (secondary N) is 3. The molecule has 0 fully saturated rings. The lowest BCUT2D eigenvalue weighted by Gasteiger charge is -2.08. The van der Waals surface area contributed by atoms with Crippen LogP contribution in [0.4, 0.5) is 11.4 Å². The molecule has 0 atom stereocenters. The average molecular weight is 311 g/mol. The van der Waals surface area contributed by atoms with Crippen LogP contribution in [0.25, 0.3) is 11.1 Å². The van der Waals surface area contributed by atoms with E-state index in [-0.39, 0.29) is 11.8 Å². The molecule has 0 bridgehead atoms. The highest BCUT2D eigenvalue weighted by Gasteiger charge is 2.11. The van der Waals surface area contributed by atoms with Crippen LogP contribution in [0.2, 0.25) is 0 Å². The van der Waals surface area contributed by atoms with Gasteiger partial charge in [-0.1, -0.05) is 12.1 Å². The van der Waals surface area contributed by atoms with Gasteiger partial charge in [-0.05, 0) is 30.3 Å². The van der Waals surface area contributed by atoms with Crippen molar-refractivity contribution in [1.82, 2.24) is 4.98 Å². The number of aromatic nitrogens is 1. The van der Waals surface area contributed by atoms with E-state index in [2.05, 4.69) is 15.6 Å². The van der Waals surface area contributed by atoms with E-state index in [1.165, 1.54) is 6.92 Å². The number of rotatable bonds is 3. The highest BCUT2D eigenvalue weighted by Crippen LogP contribution is 2.21. The Bertz CT molecular complexity index is 955. The van der Waals surface area contributed by atoms with Gasteiger partial charge in [-0.15, -0.1) is 0 Å². The molecule has 0 aliphatic carbocycles. The number of amides is 2. The van der Waals surface area contributed by atoms with E-state index in [0.717, 1.165) is 0 Å². The van der Waals surface area contributed by atoms with E-state index >= 15 is 0 Å². The molecule has 7 heteroatoms. The van der Waals surface area contributed by atoms with Crippen molar-refractivity contribution in [2.45, 2.75) is 6.92 Å². The topological polar surface area (TPSA) is 104 Å². The molecule has 0 saturated carbocycles. The molecule has 3 aromatic rings. The Morgan fingerprint density at radius 1 is 1.09 bits per heavy atom. The molecule has 1 heterocycles. The zero-order valence-electron chi connectivity index (χ0n) is 12.2. The van der Waals surface area contributed by atoms with Gasteiger partial charge in [0, 0.05) is 18.2 Å². The first-order valence-electron chi connectivity index (χ1n) is 6.84. The number of carbonyl (C=O) groups excluding carboxylic acids is 2. The van der Waals surface area contributed by atoms with Crippen LogP contribution in [0, 0.1) is 0 Å². The predicted molar refractivity (Wildman–Crippen MR) is 85.5 cm³/mol. The minimum atomic E-state index is -0.589. The van der Waals surface area contributed by atoms with Crippen molar-refractivity contribution in [2.75, 3.05) is 10.6 Å². The number of hydrogen-bond donors (Lipinski definition) is 3. The lowest BCUT2D eigenvalue weighted by molar-refractivity contribution is -0.114. The molecule has 0 aliphatic rings. The Hall–Kier alpha value is -3.35. The molecule has 0 saturated heterocycles. The molecular weight excluding hydrogens is 298 g/mol. The minimum absolute atomic E-state index is 0.219. The lowest BCUT2D eigenvalue weighted by Crippen LogP contribution is -2.13. The number of hydrogen-bond acceptors (Lipinski definition) is 4. The maximum absolute atomic E-state index is 12.4.